The summed E-state index contributed by atoms with van der Waals surface area (Å²) in [6.07, 6.45) is 2.69. The Kier molecular flexibility index (Phi) is 4.27. The summed E-state index contributed by atoms with van der Waals surface area (Å²) in [5.41, 5.74) is 2.50. The zero-order valence-corrected chi connectivity index (χ0v) is 13.8. The first-order valence-corrected chi connectivity index (χ1v) is 7.71. The predicted octanol–water partition coefficient (Wildman–Crippen LogP) is 3.29. The molecule has 0 saturated carbocycles. The number of carbonyl (C=O) groups is 3. The number of fused-ring (bicyclic) bond motifs is 1. The molecule has 1 heterocycles. The van der Waals surface area contributed by atoms with E-state index in [4.69, 9.17) is 9.52 Å². The highest BCUT2D eigenvalue weighted by Crippen LogP contribution is 2.32. The van der Waals surface area contributed by atoms with Gasteiger partial charge in [-0.2, -0.15) is 0 Å². The smallest absolute Gasteiger partial charge is 0.372 e. The van der Waals surface area contributed by atoms with Crippen LogP contribution in [-0.2, 0) is 11.2 Å². The number of rotatable bonds is 3. The summed E-state index contributed by atoms with van der Waals surface area (Å²) in [6.45, 7) is 1.58. The number of carboxylic acids is 1. The molecule has 0 amide bonds. The van der Waals surface area contributed by atoms with E-state index in [0.29, 0.717) is 40.9 Å². The Hall–Kier alpha value is -3.15. The summed E-state index contributed by atoms with van der Waals surface area (Å²) in [6, 6.07) is 6.71. The maximum Gasteiger partial charge on any atom is 0.372 e. The van der Waals surface area contributed by atoms with Crippen LogP contribution in [0.2, 0.25) is 0 Å². The Labute approximate surface area is 143 Å². The van der Waals surface area contributed by atoms with Crippen LogP contribution in [0, 0.1) is 6.92 Å². The molecule has 1 aliphatic carbocycles. The number of ether oxygens (including phenoxy) is 1. The minimum absolute atomic E-state index is 0.179. The van der Waals surface area contributed by atoms with E-state index in [1.807, 2.05) is 0 Å². The summed E-state index contributed by atoms with van der Waals surface area (Å²) < 4.78 is 9.97. The molecular formula is C19H16O6. The molecule has 3 rings (SSSR count). The highest BCUT2D eigenvalue weighted by atomic mass is 16.5. The monoisotopic (exact) mass is 340 g/mol. The Balaban J connectivity index is 1.92. The number of aromatic carboxylic acids is 1. The molecule has 0 unspecified atom stereocenters. The summed E-state index contributed by atoms with van der Waals surface area (Å²) in [4.78, 5) is 35.3. The summed E-state index contributed by atoms with van der Waals surface area (Å²) >= 11 is 0. The molecule has 1 aliphatic rings. The average molecular weight is 340 g/mol. The highest BCUT2D eigenvalue weighted by Gasteiger charge is 2.31. The summed E-state index contributed by atoms with van der Waals surface area (Å²) in [5, 5.41) is 9.14. The van der Waals surface area contributed by atoms with Crippen LogP contribution in [0.15, 0.2) is 34.3 Å². The van der Waals surface area contributed by atoms with Gasteiger partial charge < -0.3 is 14.3 Å². The van der Waals surface area contributed by atoms with Gasteiger partial charge in [-0.15, -0.1) is 0 Å². The fourth-order valence-corrected chi connectivity index (χ4v) is 2.94. The van der Waals surface area contributed by atoms with Gasteiger partial charge in [0.25, 0.3) is 0 Å². The van der Waals surface area contributed by atoms with Crippen molar-refractivity contribution in [3.63, 3.8) is 0 Å². The van der Waals surface area contributed by atoms with Gasteiger partial charge in [-0.1, -0.05) is 12.1 Å². The van der Waals surface area contributed by atoms with E-state index in [1.54, 1.807) is 37.3 Å². The van der Waals surface area contributed by atoms with Gasteiger partial charge >= 0.3 is 11.9 Å². The third kappa shape index (κ3) is 2.98. The van der Waals surface area contributed by atoms with Crippen LogP contribution in [0.25, 0.3) is 6.08 Å². The molecule has 128 valence electrons. The summed E-state index contributed by atoms with van der Waals surface area (Å²) in [7, 11) is 1.31. The fourth-order valence-electron chi connectivity index (χ4n) is 2.94. The van der Waals surface area contributed by atoms with E-state index in [-0.39, 0.29) is 11.5 Å². The second-order valence-corrected chi connectivity index (χ2v) is 5.77. The van der Waals surface area contributed by atoms with Gasteiger partial charge in [0.1, 0.15) is 5.76 Å². The van der Waals surface area contributed by atoms with Crippen molar-refractivity contribution in [3.05, 3.63) is 63.6 Å². The standard InChI is InChI=1S/C19H16O6/c1-10-15-14(25-17(10)18(21)22)8-7-13(16(15)20)9-11-3-5-12(6-4-11)19(23)24-2/h3-6,9H,7-8H2,1-2H3,(H,21,22)/b13-9-. The molecule has 0 atom stereocenters. The molecule has 0 spiro atoms. The van der Waals surface area contributed by atoms with E-state index in [0.717, 1.165) is 5.56 Å². The number of furan rings is 1. The second-order valence-electron chi connectivity index (χ2n) is 5.77. The van der Waals surface area contributed by atoms with Crippen molar-refractivity contribution in [2.45, 2.75) is 19.8 Å². The Morgan fingerprint density at radius 3 is 2.48 bits per heavy atom. The van der Waals surface area contributed by atoms with Gasteiger partial charge in [-0.3, -0.25) is 4.79 Å². The topological polar surface area (TPSA) is 93.8 Å². The van der Waals surface area contributed by atoms with Crippen LogP contribution in [0.1, 0.15) is 54.6 Å². The molecule has 6 nitrogen and oxygen atoms in total. The lowest BCUT2D eigenvalue weighted by molar-refractivity contribution is 0.0599. The number of Topliss-reactive ketones (excluding diaryl/α,β-unsaturated/α-hetero) is 1. The first-order valence-electron chi connectivity index (χ1n) is 7.71. The molecule has 6 heteroatoms. The van der Waals surface area contributed by atoms with Crippen molar-refractivity contribution in [1.29, 1.82) is 0 Å². The van der Waals surface area contributed by atoms with Gasteiger partial charge in [-0.05, 0) is 37.1 Å². The maximum atomic E-state index is 12.7. The lowest BCUT2D eigenvalue weighted by atomic mass is 9.88. The Morgan fingerprint density at radius 2 is 1.88 bits per heavy atom. The first-order chi connectivity index (χ1) is 11.9. The Bertz CT molecular complexity index is 899. The minimum Gasteiger partial charge on any atom is -0.475 e. The van der Waals surface area contributed by atoms with E-state index in [2.05, 4.69) is 4.74 Å². The first kappa shape index (κ1) is 16.7. The van der Waals surface area contributed by atoms with Crippen molar-refractivity contribution in [2.75, 3.05) is 7.11 Å². The van der Waals surface area contributed by atoms with Gasteiger partial charge in [0, 0.05) is 17.6 Å². The molecule has 0 aliphatic heterocycles. The van der Waals surface area contributed by atoms with Crippen molar-refractivity contribution in [1.82, 2.24) is 0 Å². The summed E-state index contributed by atoms with van der Waals surface area (Å²) in [5.74, 6) is -1.57. The number of ketones is 1. The van der Waals surface area contributed by atoms with Gasteiger partial charge in [0.15, 0.2) is 5.78 Å². The van der Waals surface area contributed by atoms with Gasteiger partial charge in [0.2, 0.25) is 5.76 Å². The lowest BCUT2D eigenvalue weighted by Gasteiger charge is -2.13. The van der Waals surface area contributed by atoms with Crippen molar-refractivity contribution in [2.24, 2.45) is 0 Å². The second kappa shape index (κ2) is 6.39. The fraction of sp³-hybridized carbons (Fsp3) is 0.211. The van der Waals surface area contributed by atoms with Crippen LogP contribution in [0.4, 0.5) is 0 Å². The zero-order chi connectivity index (χ0) is 18.1. The van der Waals surface area contributed by atoms with Crippen LogP contribution < -0.4 is 0 Å². The molecule has 0 radical (unpaired) electrons. The third-order valence-corrected chi connectivity index (χ3v) is 4.23. The molecule has 1 N–H and O–H groups in total. The molecular weight excluding hydrogens is 324 g/mol. The maximum absolute atomic E-state index is 12.7. The quantitative estimate of drug-likeness (QED) is 0.681. The minimum atomic E-state index is -1.18. The number of carbonyl (C=O) groups excluding carboxylic acids is 2. The Morgan fingerprint density at radius 1 is 1.20 bits per heavy atom. The SMILES string of the molecule is COC(=O)c1ccc(/C=C2/CCc3oc(C(=O)O)c(C)c3C2=O)cc1. The number of aryl methyl sites for hydroxylation is 1. The van der Waals surface area contributed by atoms with Crippen molar-refractivity contribution >= 4 is 23.8 Å². The average Bonchev–Trinajstić information content (AvgIpc) is 2.95. The molecule has 2 aromatic rings. The number of esters is 1. The molecule has 0 bridgehead atoms. The van der Waals surface area contributed by atoms with Crippen LogP contribution in [0.3, 0.4) is 0 Å². The van der Waals surface area contributed by atoms with E-state index in [1.165, 1.54) is 7.11 Å². The predicted molar refractivity (Wildman–Crippen MR) is 88.8 cm³/mol. The molecule has 25 heavy (non-hydrogen) atoms. The van der Waals surface area contributed by atoms with Crippen molar-refractivity contribution < 1.29 is 28.6 Å². The molecule has 1 aromatic carbocycles. The molecule has 0 fully saturated rings. The van der Waals surface area contributed by atoms with E-state index < -0.39 is 11.9 Å². The third-order valence-electron chi connectivity index (χ3n) is 4.23. The van der Waals surface area contributed by atoms with Crippen LogP contribution >= 0.6 is 0 Å². The normalized spacial score (nSPS) is 15.1. The number of allylic oxidation sites excluding steroid dienone is 1. The highest BCUT2D eigenvalue weighted by molar-refractivity contribution is 6.14. The van der Waals surface area contributed by atoms with Crippen molar-refractivity contribution in [3.8, 4) is 0 Å². The number of benzene rings is 1. The number of methoxy groups -OCH3 is 1. The van der Waals surface area contributed by atoms with E-state index >= 15 is 0 Å². The molecule has 1 aromatic heterocycles. The largest absolute Gasteiger partial charge is 0.475 e. The van der Waals surface area contributed by atoms with Crippen LogP contribution in [-0.4, -0.2) is 29.9 Å². The number of carboxylic acid groups (broad SMARTS) is 1. The lowest BCUT2D eigenvalue weighted by Crippen LogP contribution is -2.13. The number of hydrogen-bond acceptors (Lipinski definition) is 5. The van der Waals surface area contributed by atoms with E-state index in [9.17, 15) is 14.4 Å². The number of hydrogen-bond donors (Lipinski definition) is 1. The molecule has 0 saturated heterocycles. The van der Waals surface area contributed by atoms with Gasteiger partial charge in [0.05, 0.1) is 18.2 Å². The van der Waals surface area contributed by atoms with Gasteiger partial charge in [-0.25, -0.2) is 9.59 Å². The van der Waals surface area contributed by atoms with Crippen LogP contribution in [0.5, 0.6) is 0 Å². The zero-order valence-electron chi connectivity index (χ0n) is 13.8.